The van der Waals surface area contributed by atoms with Gasteiger partial charge in [0.1, 0.15) is 18.3 Å². The SMILES string of the molecule is CCCNC(=O)[C@@H](Cc1ccccc1)N(Cc1ccccc1C)C(=O)CN(c1ccc(OC)cc1)S(C)(=O)=O. The standard InChI is InChI=1S/C30H37N3O5S/c1-5-19-31-30(35)28(20-24-12-7-6-8-13-24)32(21-25-14-10-9-11-23(25)2)29(34)22-33(39(4,36)37)26-15-17-27(38-3)18-16-26/h6-18,28H,5,19-22H2,1-4H3,(H,31,35)/t28-/m1/s1. The largest absolute Gasteiger partial charge is 0.497 e. The molecule has 3 aromatic rings. The fourth-order valence-corrected chi connectivity index (χ4v) is 5.10. The van der Waals surface area contributed by atoms with E-state index in [4.69, 9.17) is 4.74 Å². The highest BCUT2D eigenvalue weighted by Gasteiger charge is 2.33. The number of amides is 2. The van der Waals surface area contributed by atoms with E-state index >= 15 is 0 Å². The molecule has 3 rings (SSSR count). The number of nitrogens with zero attached hydrogens (tertiary/aromatic N) is 2. The number of ether oxygens (including phenoxy) is 1. The van der Waals surface area contributed by atoms with Gasteiger partial charge in [0.15, 0.2) is 0 Å². The van der Waals surface area contributed by atoms with Crippen molar-refractivity contribution in [3.63, 3.8) is 0 Å². The number of carbonyl (C=O) groups is 2. The van der Waals surface area contributed by atoms with E-state index in [9.17, 15) is 18.0 Å². The van der Waals surface area contributed by atoms with E-state index in [1.807, 2.05) is 68.4 Å². The van der Waals surface area contributed by atoms with E-state index < -0.39 is 28.5 Å². The average molecular weight is 552 g/mol. The van der Waals surface area contributed by atoms with Gasteiger partial charge in [-0.05, 0) is 54.3 Å². The molecule has 0 aliphatic carbocycles. The zero-order chi connectivity index (χ0) is 28.4. The first-order valence-electron chi connectivity index (χ1n) is 12.9. The van der Waals surface area contributed by atoms with Gasteiger partial charge in [0.2, 0.25) is 21.8 Å². The molecule has 1 N–H and O–H groups in total. The highest BCUT2D eigenvalue weighted by atomic mass is 32.2. The third-order valence-electron chi connectivity index (χ3n) is 6.46. The van der Waals surface area contributed by atoms with Gasteiger partial charge in [-0.2, -0.15) is 0 Å². The number of rotatable bonds is 13. The summed E-state index contributed by atoms with van der Waals surface area (Å²) in [6, 6.07) is 22.8. The number of benzene rings is 3. The van der Waals surface area contributed by atoms with Crippen LogP contribution in [0.5, 0.6) is 5.75 Å². The van der Waals surface area contributed by atoms with Crippen LogP contribution in [0.4, 0.5) is 5.69 Å². The zero-order valence-electron chi connectivity index (χ0n) is 23.0. The summed E-state index contributed by atoms with van der Waals surface area (Å²) in [5.41, 5.74) is 3.07. The van der Waals surface area contributed by atoms with Crippen LogP contribution in [0.15, 0.2) is 78.9 Å². The van der Waals surface area contributed by atoms with Crippen molar-refractivity contribution in [3.05, 3.63) is 95.6 Å². The fraction of sp³-hybridized carbons (Fsp3) is 0.333. The van der Waals surface area contributed by atoms with Crippen LogP contribution < -0.4 is 14.4 Å². The molecule has 39 heavy (non-hydrogen) atoms. The summed E-state index contributed by atoms with van der Waals surface area (Å²) < 4.78 is 31.9. The Morgan fingerprint density at radius 1 is 0.949 bits per heavy atom. The molecule has 2 amide bonds. The van der Waals surface area contributed by atoms with E-state index in [-0.39, 0.29) is 18.9 Å². The number of methoxy groups -OCH3 is 1. The third-order valence-corrected chi connectivity index (χ3v) is 7.60. The zero-order valence-corrected chi connectivity index (χ0v) is 23.8. The van der Waals surface area contributed by atoms with Crippen molar-refractivity contribution in [1.29, 1.82) is 0 Å². The van der Waals surface area contributed by atoms with Crippen LogP contribution in [-0.4, -0.2) is 57.6 Å². The summed E-state index contributed by atoms with van der Waals surface area (Å²) in [6.45, 7) is 4.08. The van der Waals surface area contributed by atoms with Crippen molar-refractivity contribution < 1.29 is 22.7 Å². The topological polar surface area (TPSA) is 96.0 Å². The molecule has 0 saturated heterocycles. The summed E-state index contributed by atoms with van der Waals surface area (Å²) >= 11 is 0. The molecular formula is C30H37N3O5S. The van der Waals surface area contributed by atoms with E-state index in [1.54, 1.807) is 24.3 Å². The number of aryl methyl sites for hydroxylation is 1. The van der Waals surface area contributed by atoms with Gasteiger partial charge in [-0.25, -0.2) is 8.42 Å². The molecule has 0 aliphatic rings. The quantitative estimate of drug-likeness (QED) is 0.347. The minimum Gasteiger partial charge on any atom is -0.497 e. The summed E-state index contributed by atoms with van der Waals surface area (Å²) in [4.78, 5) is 29.0. The molecule has 0 radical (unpaired) electrons. The smallest absolute Gasteiger partial charge is 0.244 e. The first-order chi connectivity index (χ1) is 18.6. The third kappa shape index (κ3) is 8.32. The molecular weight excluding hydrogens is 514 g/mol. The van der Waals surface area contributed by atoms with Gasteiger partial charge >= 0.3 is 0 Å². The second-order valence-corrected chi connectivity index (χ2v) is 11.3. The van der Waals surface area contributed by atoms with Gasteiger partial charge in [0.05, 0.1) is 19.1 Å². The molecule has 0 fully saturated rings. The van der Waals surface area contributed by atoms with Crippen molar-refractivity contribution in [2.45, 2.75) is 39.3 Å². The Labute approximate surface area is 231 Å². The maximum absolute atomic E-state index is 14.0. The second kappa shape index (κ2) is 13.8. The average Bonchev–Trinajstić information content (AvgIpc) is 2.93. The highest BCUT2D eigenvalue weighted by molar-refractivity contribution is 7.92. The van der Waals surface area contributed by atoms with Crippen LogP contribution >= 0.6 is 0 Å². The number of hydrogen-bond acceptors (Lipinski definition) is 5. The number of carbonyl (C=O) groups excluding carboxylic acids is 2. The molecule has 208 valence electrons. The first-order valence-corrected chi connectivity index (χ1v) is 14.8. The molecule has 3 aromatic carbocycles. The van der Waals surface area contributed by atoms with Crippen LogP contribution in [0, 0.1) is 6.92 Å². The lowest BCUT2D eigenvalue weighted by Gasteiger charge is -2.34. The number of hydrogen-bond donors (Lipinski definition) is 1. The normalized spacial score (nSPS) is 11.9. The lowest BCUT2D eigenvalue weighted by Crippen LogP contribution is -2.53. The summed E-state index contributed by atoms with van der Waals surface area (Å²) in [5, 5.41) is 2.94. The Kier molecular flexibility index (Phi) is 10.5. The summed E-state index contributed by atoms with van der Waals surface area (Å²) in [7, 11) is -2.30. The van der Waals surface area contributed by atoms with Crippen LogP contribution in [-0.2, 0) is 32.6 Å². The van der Waals surface area contributed by atoms with Crippen LogP contribution in [0.1, 0.15) is 30.0 Å². The van der Waals surface area contributed by atoms with Crippen molar-refractivity contribution in [2.75, 3.05) is 30.8 Å². The van der Waals surface area contributed by atoms with Crippen molar-refractivity contribution in [2.24, 2.45) is 0 Å². The lowest BCUT2D eigenvalue weighted by molar-refractivity contribution is -0.140. The molecule has 0 bridgehead atoms. The van der Waals surface area contributed by atoms with E-state index in [0.717, 1.165) is 33.7 Å². The van der Waals surface area contributed by atoms with E-state index in [0.29, 0.717) is 18.0 Å². The van der Waals surface area contributed by atoms with E-state index in [1.165, 1.54) is 12.0 Å². The minimum atomic E-state index is -3.82. The molecule has 0 saturated carbocycles. The maximum atomic E-state index is 14.0. The molecule has 1 atom stereocenters. The summed E-state index contributed by atoms with van der Waals surface area (Å²) in [5.74, 6) is -0.194. The molecule has 0 aliphatic heterocycles. The Hall–Kier alpha value is -3.85. The van der Waals surface area contributed by atoms with E-state index in [2.05, 4.69) is 5.32 Å². The molecule has 9 heteroatoms. The van der Waals surface area contributed by atoms with Crippen LogP contribution in [0.2, 0.25) is 0 Å². The van der Waals surface area contributed by atoms with Gasteiger partial charge < -0.3 is 15.0 Å². The predicted molar refractivity (Wildman–Crippen MR) is 154 cm³/mol. The highest BCUT2D eigenvalue weighted by Crippen LogP contribution is 2.23. The van der Waals surface area contributed by atoms with Crippen molar-refractivity contribution in [1.82, 2.24) is 10.2 Å². The fourth-order valence-electron chi connectivity index (χ4n) is 4.25. The van der Waals surface area contributed by atoms with Gasteiger partial charge in [0, 0.05) is 19.5 Å². The number of anilines is 1. The monoisotopic (exact) mass is 551 g/mol. The Balaban J connectivity index is 2.04. The Morgan fingerprint density at radius 2 is 1.59 bits per heavy atom. The summed E-state index contributed by atoms with van der Waals surface area (Å²) in [6.07, 6.45) is 2.09. The van der Waals surface area contributed by atoms with Crippen LogP contribution in [0.3, 0.4) is 0 Å². The van der Waals surface area contributed by atoms with Gasteiger partial charge in [-0.15, -0.1) is 0 Å². The Bertz CT molecular complexity index is 1340. The number of sulfonamides is 1. The molecule has 0 spiro atoms. The second-order valence-electron chi connectivity index (χ2n) is 9.41. The van der Waals surface area contributed by atoms with Crippen molar-refractivity contribution in [3.8, 4) is 5.75 Å². The van der Waals surface area contributed by atoms with Gasteiger partial charge in [-0.1, -0.05) is 61.5 Å². The van der Waals surface area contributed by atoms with Gasteiger partial charge in [0.25, 0.3) is 0 Å². The molecule has 8 nitrogen and oxygen atoms in total. The minimum absolute atomic E-state index is 0.156. The molecule has 0 aromatic heterocycles. The molecule has 0 unspecified atom stereocenters. The first kappa shape index (κ1) is 29.7. The maximum Gasteiger partial charge on any atom is 0.244 e. The predicted octanol–water partition coefficient (Wildman–Crippen LogP) is 3.94. The van der Waals surface area contributed by atoms with Gasteiger partial charge in [-0.3, -0.25) is 13.9 Å². The lowest BCUT2D eigenvalue weighted by atomic mass is 10.0. The van der Waals surface area contributed by atoms with Crippen molar-refractivity contribution >= 4 is 27.5 Å². The number of nitrogens with one attached hydrogen (secondary N) is 1. The van der Waals surface area contributed by atoms with Crippen LogP contribution in [0.25, 0.3) is 0 Å². The molecule has 0 heterocycles. The Morgan fingerprint density at radius 3 is 2.18 bits per heavy atom.